The molecular weight excluding hydrogens is 475 g/mol. The molecule has 164 valence electrons. The van der Waals surface area contributed by atoms with Crippen LogP contribution in [0, 0.1) is 19.8 Å². The maximum atomic E-state index is 6.14. The quantitative estimate of drug-likeness (QED) is 0.367. The van der Waals surface area contributed by atoms with Crippen molar-refractivity contribution in [1.82, 2.24) is 15.1 Å². The van der Waals surface area contributed by atoms with Crippen LogP contribution in [0.3, 0.4) is 0 Å². The SMILES string of the molecule is CCNC(=NCC1CCCN(CC)C1)N1CCOC(c2ccc(C)cc2C)C1.I. The lowest BCUT2D eigenvalue weighted by Crippen LogP contribution is -2.48. The van der Waals surface area contributed by atoms with E-state index < -0.39 is 0 Å². The van der Waals surface area contributed by atoms with Gasteiger partial charge < -0.3 is 19.9 Å². The first-order valence-corrected chi connectivity index (χ1v) is 11.0. The second kappa shape index (κ2) is 12.1. The molecule has 5 nitrogen and oxygen atoms in total. The number of morpholine rings is 1. The van der Waals surface area contributed by atoms with Crippen LogP contribution in [0.2, 0.25) is 0 Å². The Balaban J connectivity index is 0.00000300. The van der Waals surface area contributed by atoms with E-state index in [1.54, 1.807) is 0 Å². The first kappa shape index (κ1) is 24.4. The molecule has 2 unspecified atom stereocenters. The lowest BCUT2D eigenvalue weighted by molar-refractivity contribution is -0.00837. The molecule has 2 fully saturated rings. The monoisotopic (exact) mass is 514 g/mol. The molecule has 1 aromatic carbocycles. The summed E-state index contributed by atoms with van der Waals surface area (Å²) in [5.74, 6) is 1.73. The number of hydrogen-bond donors (Lipinski definition) is 1. The summed E-state index contributed by atoms with van der Waals surface area (Å²) < 4.78 is 6.14. The van der Waals surface area contributed by atoms with Crippen molar-refractivity contribution >= 4 is 29.9 Å². The third-order valence-corrected chi connectivity index (χ3v) is 6.02. The zero-order valence-corrected chi connectivity index (χ0v) is 20.9. The lowest BCUT2D eigenvalue weighted by atomic mass is 9.98. The van der Waals surface area contributed by atoms with Gasteiger partial charge in [-0.3, -0.25) is 4.99 Å². The van der Waals surface area contributed by atoms with Crippen molar-refractivity contribution < 1.29 is 4.74 Å². The predicted octanol–water partition coefficient (Wildman–Crippen LogP) is 3.99. The van der Waals surface area contributed by atoms with Crippen LogP contribution in [-0.4, -0.2) is 68.2 Å². The molecule has 2 heterocycles. The Morgan fingerprint density at radius 2 is 2.03 bits per heavy atom. The van der Waals surface area contributed by atoms with Crippen LogP contribution >= 0.6 is 24.0 Å². The van der Waals surface area contributed by atoms with Crippen molar-refractivity contribution in [3.63, 3.8) is 0 Å². The molecular formula is C23H39IN4O. The maximum absolute atomic E-state index is 6.14. The summed E-state index contributed by atoms with van der Waals surface area (Å²) in [6, 6.07) is 6.66. The van der Waals surface area contributed by atoms with Gasteiger partial charge in [-0.15, -0.1) is 24.0 Å². The average Bonchev–Trinajstić information content (AvgIpc) is 2.71. The van der Waals surface area contributed by atoms with Crippen molar-refractivity contribution in [2.75, 3.05) is 52.4 Å². The van der Waals surface area contributed by atoms with E-state index in [1.165, 1.54) is 42.6 Å². The summed E-state index contributed by atoms with van der Waals surface area (Å²) in [6.07, 6.45) is 2.72. The van der Waals surface area contributed by atoms with E-state index in [-0.39, 0.29) is 30.1 Å². The molecule has 0 saturated carbocycles. The van der Waals surface area contributed by atoms with E-state index in [2.05, 4.69) is 61.0 Å². The number of ether oxygens (including phenoxy) is 1. The Hall–Kier alpha value is -0.860. The average molecular weight is 514 g/mol. The number of nitrogens with zero attached hydrogens (tertiary/aromatic N) is 3. The number of aryl methyl sites for hydroxylation is 2. The van der Waals surface area contributed by atoms with Crippen molar-refractivity contribution in [3.8, 4) is 0 Å². The fourth-order valence-corrected chi connectivity index (χ4v) is 4.45. The summed E-state index contributed by atoms with van der Waals surface area (Å²) >= 11 is 0. The molecule has 2 atom stereocenters. The minimum absolute atomic E-state index is 0. The number of hydrogen-bond acceptors (Lipinski definition) is 3. The highest BCUT2D eigenvalue weighted by atomic mass is 127. The Labute approximate surface area is 194 Å². The van der Waals surface area contributed by atoms with E-state index in [0.29, 0.717) is 5.92 Å². The van der Waals surface area contributed by atoms with Gasteiger partial charge in [0.15, 0.2) is 5.96 Å². The molecule has 0 amide bonds. The normalized spacial score (nSPS) is 23.6. The zero-order chi connectivity index (χ0) is 19.9. The molecule has 2 aliphatic rings. The molecule has 3 rings (SSSR count). The summed E-state index contributed by atoms with van der Waals surface area (Å²) in [7, 11) is 0. The number of benzene rings is 1. The van der Waals surface area contributed by atoms with Gasteiger partial charge in [-0.1, -0.05) is 30.7 Å². The van der Waals surface area contributed by atoms with Crippen molar-refractivity contribution in [3.05, 3.63) is 34.9 Å². The van der Waals surface area contributed by atoms with Gasteiger partial charge in [-0.2, -0.15) is 0 Å². The van der Waals surface area contributed by atoms with Crippen LogP contribution in [0.4, 0.5) is 0 Å². The number of rotatable bonds is 5. The standard InChI is InChI=1S/C23H38N4O.HI/c1-5-24-23(25-15-20-8-7-11-26(6-2)16-20)27-12-13-28-22(17-27)21-10-9-18(3)14-19(21)4;/h9-10,14,20,22H,5-8,11-13,15-17H2,1-4H3,(H,24,25);1H. The highest BCUT2D eigenvalue weighted by Crippen LogP contribution is 2.26. The molecule has 0 bridgehead atoms. The van der Waals surface area contributed by atoms with Crippen LogP contribution < -0.4 is 5.32 Å². The first-order chi connectivity index (χ1) is 13.6. The van der Waals surface area contributed by atoms with Crippen LogP contribution in [0.15, 0.2) is 23.2 Å². The minimum Gasteiger partial charge on any atom is -0.370 e. The number of nitrogens with one attached hydrogen (secondary N) is 1. The van der Waals surface area contributed by atoms with Gasteiger partial charge in [-0.05, 0) is 63.7 Å². The third kappa shape index (κ3) is 6.82. The molecule has 1 N–H and O–H groups in total. The van der Waals surface area contributed by atoms with Crippen molar-refractivity contribution in [2.45, 2.75) is 46.6 Å². The van der Waals surface area contributed by atoms with Crippen LogP contribution in [0.1, 0.15) is 49.5 Å². The number of likely N-dealkylation sites (tertiary alicyclic amines) is 1. The Morgan fingerprint density at radius 3 is 2.76 bits per heavy atom. The highest BCUT2D eigenvalue weighted by molar-refractivity contribution is 14.0. The first-order valence-electron chi connectivity index (χ1n) is 11.0. The third-order valence-electron chi connectivity index (χ3n) is 6.02. The summed E-state index contributed by atoms with van der Waals surface area (Å²) in [5, 5.41) is 3.52. The number of guanidine groups is 1. The molecule has 6 heteroatoms. The molecule has 1 aromatic rings. The van der Waals surface area contributed by atoms with Gasteiger partial charge in [0.2, 0.25) is 0 Å². The molecule has 0 spiro atoms. The van der Waals surface area contributed by atoms with Gasteiger partial charge in [0.25, 0.3) is 0 Å². The van der Waals surface area contributed by atoms with Gasteiger partial charge in [-0.25, -0.2) is 0 Å². The molecule has 0 aliphatic carbocycles. The van der Waals surface area contributed by atoms with E-state index >= 15 is 0 Å². The van der Waals surface area contributed by atoms with Gasteiger partial charge in [0, 0.05) is 26.2 Å². The van der Waals surface area contributed by atoms with E-state index in [4.69, 9.17) is 9.73 Å². The molecule has 29 heavy (non-hydrogen) atoms. The maximum Gasteiger partial charge on any atom is 0.194 e. The second-order valence-corrected chi connectivity index (χ2v) is 8.26. The van der Waals surface area contributed by atoms with Gasteiger partial charge in [0.05, 0.1) is 13.2 Å². The number of piperidine rings is 1. The smallest absolute Gasteiger partial charge is 0.194 e. The Bertz CT molecular complexity index is 666. The van der Waals surface area contributed by atoms with Crippen molar-refractivity contribution in [1.29, 1.82) is 0 Å². The van der Waals surface area contributed by atoms with E-state index in [1.807, 2.05) is 0 Å². The topological polar surface area (TPSA) is 40.1 Å². The Morgan fingerprint density at radius 1 is 1.21 bits per heavy atom. The van der Waals surface area contributed by atoms with E-state index in [0.717, 1.165) is 45.3 Å². The number of aliphatic imine (C=N–C) groups is 1. The number of halogens is 1. The highest BCUT2D eigenvalue weighted by Gasteiger charge is 2.26. The lowest BCUT2D eigenvalue weighted by Gasteiger charge is -2.36. The minimum atomic E-state index is 0. The van der Waals surface area contributed by atoms with Crippen LogP contribution in [0.5, 0.6) is 0 Å². The Kier molecular flexibility index (Phi) is 10.2. The summed E-state index contributed by atoms with van der Waals surface area (Å²) in [4.78, 5) is 9.99. The molecule has 2 saturated heterocycles. The van der Waals surface area contributed by atoms with Crippen molar-refractivity contribution in [2.24, 2.45) is 10.9 Å². The second-order valence-electron chi connectivity index (χ2n) is 8.26. The molecule has 2 aliphatic heterocycles. The summed E-state index contributed by atoms with van der Waals surface area (Å²) in [6.45, 7) is 16.7. The van der Waals surface area contributed by atoms with Gasteiger partial charge >= 0.3 is 0 Å². The fraction of sp³-hybridized carbons (Fsp3) is 0.696. The zero-order valence-electron chi connectivity index (χ0n) is 18.6. The van der Waals surface area contributed by atoms with E-state index in [9.17, 15) is 0 Å². The van der Waals surface area contributed by atoms with Crippen LogP contribution in [-0.2, 0) is 4.74 Å². The fourth-order valence-electron chi connectivity index (χ4n) is 4.45. The van der Waals surface area contributed by atoms with Gasteiger partial charge in [0.1, 0.15) is 6.10 Å². The summed E-state index contributed by atoms with van der Waals surface area (Å²) in [5.41, 5.74) is 3.92. The predicted molar refractivity (Wildman–Crippen MR) is 132 cm³/mol. The molecule has 0 radical (unpaired) electrons. The largest absolute Gasteiger partial charge is 0.370 e. The molecule has 0 aromatic heterocycles. The van der Waals surface area contributed by atoms with Crippen LogP contribution in [0.25, 0.3) is 0 Å².